The Morgan fingerprint density at radius 1 is 1.62 bits per heavy atom. The van der Waals surface area contributed by atoms with Gasteiger partial charge in [0.1, 0.15) is 0 Å². The van der Waals surface area contributed by atoms with Gasteiger partial charge in [0.2, 0.25) is 0 Å². The second kappa shape index (κ2) is 2.29. The number of carbonyl (C=O) groups is 1. The van der Waals surface area contributed by atoms with Crippen molar-refractivity contribution in [2.24, 2.45) is 0 Å². The van der Waals surface area contributed by atoms with Gasteiger partial charge in [-0.15, -0.1) is 0 Å². The summed E-state index contributed by atoms with van der Waals surface area (Å²) in [4.78, 5) is 16.9. The molecule has 1 unspecified atom stereocenters. The van der Waals surface area contributed by atoms with Crippen molar-refractivity contribution in [3.63, 3.8) is 0 Å². The summed E-state index contributed by atoms with van der Waals surface area (Å²) in [6.45, 7) is 1.50. The van der Waals surface area contributed by atoms with Crippen molar-refractivity contribution in [3.05, 3.63) is 24.0 Å². The summed E-state index contributed by atoms with van der Waals surface area (Å²) in [5, 5.41) is 9.87. The second-order valence-corrected chi connectivity index (χ2v) is 3.33. The highest BCUT2D eigenvalue weighted by atomic mass is 16.3. The number of anilines is 1. The topological polar surface area (TPSA) is 53.4 Å². The summed E-state index contributed by atoms with van der Waals surface area (Å²) in [6.07, 6.45) is 3.15. The van der Waals surface area contributed by atoms with E-state index < -0.39 is 5.60 Å². The first-order valence-electron chi connectivity index (χ1n) is 4.00. The van der Waals surface area contributed by atoms with Gasteiger partial charge in [0.15, 0.2) is 5.60 Å². The van der Waals surface area contributed by atoms with Gasteiger partial charge in [-0.1, -0.05) is 0 Å². The average molecular weight is 178 g/mol. The molecule has 0 aliphatic carbocycles. The average Bonchev–Trinajstić information content (AvgIpc) is 2.30. The number of rotatable bonds is 0. The molecule has 0 aromatic carbocycles. The number of aliphatic hydroxyl groups is 1. The number of nitrogens with zero attached hydrogens (tertiary/aromatic N) is 2. The first kappa shape index (κ1) is 8.19. The molecule has 13 heavy (non-hydrogen) atoms. The van der Waals surface area contributed by atoms with E-state index in [1.165, 1.54) is 11.8 Å². The molecule has 4 heteroatoms. The SMILES string of the molecule is CN1C(=O)C(C)(O)c2ccncc21. The van der Waals surface area contributed by atoms with E-state index >= 15 is 0 Å². The zero-order valence-corrected chi connectivity index (χ0v) is 7.48. The van der Waals surface area contributed by atoms with Crippen molar-refractivity contribution < 1.29 is 9.90 Å². The summed E-state index contributed by atoms with van der Waals surface area (Å²) in [7, 11) is 1.63. The third kappa shape index (κ3) is 0.890. The Morgan fingerprint density at radius 2 is 2.31 bits per heavy atom. The van der Waals surface area contributed by atoms with Crippen LogP contribution >= 0.6 is 0 Å². The summed E-state index contributed by atoms with van der Waals surface area (Å²) in [6, 6.07) is 1.66. The van der Waals surface area contributed by atoms with Crippen LogP contribution in [0, 0.1) is 0 Å². The van der Waals surface area contributed by atoms with Crippen LogP contribution in [-0.4, -0.2) is 23.0 Å². The van der Waals surface area contributed by atoms with E-state index in [1.807, 2.05) is 0 Å². The Balaban J connectivity index is 2.68. The summed E-state index contributed by atoms with van der Waals surface area (Å²) < 4.78 is 0. The fraction of sp³-hybridized carbons (Fsp3) is 0.333. The predicted octanol–water partition coefficient (Wildman–Crippen LogP) is 0.266. The van der Waals surface area contributed by atoms with Gasteiger partial charge in [-0.05, 0) is 13.0 Å². The van der Waals surface area contributed by atoms with Crippen LogP contribution in [0.5, 0.6) is 0 Å². The molecule has 1 amide bonds. The van der Waals surface area contributed by atoms with Crippen LogP contribution < -0.4 is 4.90 Å². The van der Waals surface area contributed by atoms with Crippen LogP contribution in [0.1, 0.15) is 12.5 Å². The van der Waals surface area contributed by atoms with Crippen molar-refractivity contribution in [2.45, 2.75) is 12.5 Å². The van der Waals surface area contributed by atoms with Gasteiger partial charge < -0.3 is 10.0 Å². The third-order valence-electron chi connectivity index (χ3n) is 2.41. The standard InChI is InChI=1S/C9H10N2O2/c1-9(13)6-3-4-10-5-7(6)11(2)8(9)12/h3-5,13H,1-2H3. The lowest BCUT2D eigenvalue weighted by Gasteiger charge is -2.14. The van der Waals surface area contributed by atoms with E-state index in [1.54, 1.807) is 25.5 Å². The Bertz CT molecular complexity index is 374. The Labute approximate surface area is 75.8 Å². The number of amides is 1. The summed E-state index contributed by atoms with van der Waals surface area (Å²) in [5.41, 5.74) is -0.0972. The van der Waals surface area contributed by atoms with Crippen molar-refractivity contribution in [1.82, 2.24) is 4.98 Å². The molecule has 1 aromatic heterocycles. The minimum Gasteiger partial charge on any atom is -0.375 e. The molecular formula is C9H10N2O2. The molecule has 1 atom stereocenters. The van der Waals surface area contributed by atoms with Crippen LogP contribution in [0.15, 0.2) is 18.5 Å². The van der Waals surface area contributed by atoms with Crippen LogP contribution in [0.25, 0.3) is 0 Å². The molecule has 1 aromatic rings. The molecule has 2 rings (SSSR count). The number of hydrogen-bond donors (Lipinski definition) is 1. The van der Waals surface area contributed by atoms with E-state index in [0.717, 1.165) is 0 Å². The lowest BCUT2D eigenvalue weighted by atomic mass is 9.99. The number of fused-ring (bicyclic) bond motifs is 1. The Kier molecular flexibility index (Phi) is 1.44. The molecule has 68 valence electrons. The van der Waals surface area contributed by atoms with Crippen LogP contribution in [0.2, 0.25) is 0 Å². The molecule has 0 bridgehead atoms. The van der Waals surface area contributed by atoms with Crippen LogP contribution in [0.4, 0.5) is 5.69 Å². The Morgan fingerprint density at radius 3 is 2.92 bits per heavy atom. The van der Waals surface area contributed by atoms with E-state index in [-0.39, 0.29) is 5.91 Å². The van der Waals surface area contributed by atoms with Gasteiger partial charge in [-0.25, -0.2) is 0 Å². The van der Waals surface area contributed by atoms with Gasteiger partial charge >= 0.3 is 0 Å². The molecule has 4 nitrogen and oxygen atoms in total. The van der Waals surface area contributed by atoms with Gasteiger partial charge in [-0.3, -0.25) is 9.78 Å². The molecular weight excluding hydrogens is 168 g/mol. The summed E-state index contributed by atoms with van der Waals surface area (Å²) >= 11 is 0. The monoisotopic (exact) mass is 178 g/mol. The van der Waals surface area contributed by atoms with E-state index in [4.69, 9.17) is 0 Å². The predicted molar refractivity (Wildman–Crippen MR) is 47.2 cm³/mol. The van der Waals surface area contributed by atoms with E-state index in [0.29, 0.717) is 11.3 Å². The number of carbonyl (C=O) groups excluding carboxylic acids is 1. The molecule has 1 aliphatic rings. The highest BCUT2D eigenvalue weighted by molar-refractivity contribution is 6.05. The normalized spacial score (nSPS) is 26.4. The van der Waals surface area contributed by atoms with Crippen molar-refractivity contribution in [3.8, 4) is 0 Å². The van der Waals surface area contributed by atoms with E-state index in [2.05, 4.69) is 4.98 Å². The minimum atomic E-state index is -1.40. The molecule has 2 heterocycles. The number of aromatic nitrogens is 1. The molecule has 1 N–H and O–H groups in total. The number of hydrogen-bond acceptors (Lipinski definition) is 3. The van der Waals surface area contributed by atoms with Gasteiger partial charge in [0, 0.05) is 18.8 Å². The van der Waals surface area contributed by atoms with Crippen LogP contribution in [0.3, 0.4) is 0 Å². The second-order valence-electron chi connectivity index (χ2n) is 3.33. The van der Waals surface area contributed by atoms with Crippen LogP contribution in [-0.2, 0) is 10.4 Å². The highest BCUT2D eigenvalue weighted by Gasteiger charge is 2.44. The fourth-order valence-electron chi connectivity index (χ4n) is 1.62. The first-order chi connectivity index (χ1) is 6.05. The molecule has 0 spiro atoms. The maximum Gasteiger partial charge on any atom is 0.263 e. The van der Waals surface area contributed by atoms with E-state index in [9.17, 15) is 9.90 Å². The molecule has 0 saturated carbocycles. The zero-order chi connectivity index (χ0) is 9.64. The highest BCUT2D eigenvalue weighted by Crippen LogP contribution is 2.37. The molecule has 0 saturated heterocycles. The lowest BCUT2D eigenvalue weighted by Crippen LogP contribution is -2.35. The number of likely N-dealkylation sites (N-methyl/N-ethyl adjacent to an activating group) is 1. The lowest BCUT2D eigenvalue weighted by molar-refractivity contribution is -0.133. The first-order valence-corrected chi connectivity index (χ1v) is 4.00. The smallest absolute Gasteiger partial charge is 0.263 e. The molecule has 1 aliphatic heterocycles. The van der Waals surface area contributed by atoms with Crippen molar-refractivity contribution >= 4 is 11.6 Å². The Hall–Kier alpha value is -1.42. The summed E-state index contributed by atoms with van der Waals surface area (Å²) in [5.74, 6) is -0.310. The van der Waals surface area contributed by atoms with Gasteiger partial charge in [-0.2, -0.15) is 0 Å². The van der Waals surface area contributed by atoms with Crippen molar-refractivity contribution in [1.29, 1.82) is 0 Å². The number of pyridine rings is 1. The maximum absolute atomic E-state index is 11.5. The largest absolute Gasteiger partial charge is 0.375 e. The van der Waals surface area contributed by atoms with Crippen molar-refractivity contribution in [2.75, 3.05) is 11.9 Å². The van der Waals surface area contributed by atoms with Gasteiger partial charge in [0.05, 0.1) is 11.9 Å². The molecule has 0 fully saturated rings. The third-order valence-corrected chi connectivity index (χ3v) is 2.41. The quantitative estimate of drug-likeness (QED) is 0.620. The minimum absolute atomic E-state index is 0.310. The zero-order valence-electron chi connectivity index (χ0n) is 7.48. The maximum atomic E-state index is 11.5. The molecule has 0 radical (unpaired) electrons. The van der Waals surface area contributed by atoms with Gasteiger partial charge in [0.25, 0.3) is 5.91 Å². The fourth-order valence-corrected chi connectivity index (χ4v) is 1.62.